The van der Waals surface area contributed by atoms with Crippen LogP contribution in [-0.4, -0.2) is 38.1 Å². The largest absolute Gasteiger partial charge is 0.390 e. The fraction of sp³-hybridized carbons (Fsp3) is 0.441. The zero-order valence-corrected chi connectivity index (χ0v) is 23.7. The minimum Gasteiger partial charge on any atom is -0.390 e. The van der Waals surface area contributed by atoms with Crippen molar-refractivity contribution >= 4 is 5.65 Å². The lowest BCUT2D eigenvalue weighted by molar-refractivity contribution is -0.0347. The molecule has 0 bridgehead atoms. The predicted octanol–water partition coefficient (Wildman–Crippen LogP) is 5.85. The van der Waals surface area contributed by atoms with Gasteiger partial charge >= 0.3 is 0 Å². The van der Waals surface area contributed by atoms with Crippen LogP contribution in [0.5, 0.6) is 0 Å². The molecule has 0 spiro atoms. The standard InChI is InChI=1S/C34H38N4O3/c1-2-5-31-30(20-23-8-10-24(11-9-23)29-7-4-3-6-26(29)21-35)34(40)37(33-18-19-36-38(31)33)27-14-16-28(17-15-27)41-22-32(39)25-12-13-25/h3-4,6-11,18-19,25,27-28,32,39H,2,5,12-17,20,22H2,1H3/t27-,28-,32?. The van der Waals surface area contributed by atoms with Crippen LogP contribution in [0, 0.1) is 17.2 Å². The number of ether oxygens (including phenoxy) is 1. The third-order valence-corrected chi connectivity index (χ3v) is 8.81. The van der Waals surface area contributed by atoms with E-state index < -0.39 is 0 Å². The highest BCUT2D eigenvalue weighted by Gasteiger charge is 2.32. The summed E-state index contributed by atoms with van der Waals surface area (Å²) in [6.45, 7) is 2.55. The summed E-state index contributed by atoms with van der Waals surface area (Å²) in [6.07, 6.45) is 9.53. The minimum absolute atomic E-state index is 0.0777. The average Bonchev–Trinajstić information content (AvgIpc) is 3.76. The molecule has 212 valence electrons. The highest BCUT2D eigenvalue weighted by molar-refractivity contribution is 5.70. The minimum atomic E-state index is -0.342. The van der Waals surface area contributed by atoms with Gasteiger partial charge in [0.1, 0.15) is 5.65 Å². The highest BCUT2D eigenvalue weighted by atomic mass is 16.5. The van der Waals surface area contributed by atoms with Gasteiger partial charge in [0.15, 0.2) is 0 Å². The van der Waals surface area contributed by atoms with Crippen molar-refractivity contribution in [1.29, 1.82) is 5.26 Å². The van der Waals surface area contributed by atoms with E-state index in [1.54, 1.807) is 6.20 Å². The Labute approximate surface area is 241 Å². The molecule has 6 rings (SSSR count). The van der Waals surface area contributed by atoms with Crippen LogP contribution in [0.2, 0.25) is 0 Å². The molecule has 1 unspecified atom stereocenters. The van der Waals surface area contributed by atoms with Crippen molar-refractivity contribution in [3.05, 3.63) is 93.5 Å². The Bertz CT molecular complexity index is 1600. The highest BCUT2D eigenvalue weighted by Crippen LogP contribution is 2.35. The first-order chi connectivity index (χ1) is 20.1. The van der Waals surface area contributed by atoms with Crippen LogP contribution in [0.25, 0.3) is 16.8 Å². The molecule has 0 radical (unpaired) electrons. The Morgan fingerprint density at radius 1 is 1.05 bits per heavy atom. The average molecular weight is 551 g/mol. The molecule has 0 aliphatic heterocycles. The van der Waals surface area contributed by atoms with Crippen molar-refractivity contribution in [2.75, 3.05) is 6.61 Å². The molecule has 7 heteroatoms. The van der Waals surface area contributed by atoms with Gasteiger partial charge in [-0.1, -0.05) is 55.8 Å². The van der Waals surface area contributed by atoms with E-state index in [0.29, 0.717) is 24.5 Å². The van der Waals surface area contributed by atoms with Crippen molar-refractivity contribution in [3.8, 4) is 17.2 Å². The molecule has 0 amide bonds. The van der Waals surface area contributed by atoms with E-state index in [1.807, 2.05) is 51.5 Å². The Morgan fingerprint density at radius 2 is 1.80 bits per heavy atom. The SMILES string of the molecule is CCCc1c(Cc2ccc(-c3ccccc3C#N)cc2)c(=O)n([C@H]2CC[C@H](OCC(O)C3CC3)CC2)c2ccnn12. The monoisotopic (exact) mass is 550 g/mol. The van der Waals surface area contributed by atoms with Crippen LogP contribution < -0.4 is 5.56 Å². The molecule has 41 heavy (non-hydrogen) atoms. The molecule has 0 saturated heterocycles. The lowest BCUT2D eigenvalue weighted by Gasteiger charge is -2.31. The molecule has 7 nitrogen and oxygen atoms in total. The number of fused-ring (bicyclic) bond motifs is 1. The van der Waals surface area contributed by atoms with Gasteiger partial charge in [-0.2, -0.15) is 10.4 Å². The maximum absolute atomic E-state index is 14.3. The van der Waals surface area contributed by atoms with Crippen molar-refractivity contribution < 1.29 is 9.84 Å². The molecular formula is C34H38N4O3. The lowest BCUT2D eigenvalue weighted by Crippen LogP contribution is -2.35. The first-order valence-corrected chi connectivity index (χ1v) is 15.1. The first-order valence-electron chi connectivity index (χ1n) is 15.1. The van der Waals surface area contributed by atoms with E-state index >= 15 is 0 Å². The van der Waals surface area contributed by atoms with Crippen molar-refractivity contribution in [3.63, 3.8) is 0 Å². The first kappa shape index (κ1) is 27.4. The number of hydrogen-bond acceptors (Lipinski definition) is 5. The number of nitrogens with zero attached hydrogens (tertiary/aromatic N) is 4. The molecule has 4 aromatic rings. The van der Waals surface area contributed by atoms with Crippen molar-refractivity contribution in [1.82, 2.24) is 14.2 Å². The van der Waals surface area contributed by atoms with Crippen LogP contribution in [0.3, 0.4) is 0 Å². The van der Waals surface area contributed by atoms with Gasteiger partial charge in [-0.25, -0.2) is 4.52 Å². The summed E-state index contributed by atoms with van der Waals surface area (Å²) in [7, 11) is 0. The molecule has 2 saturated carbocycles. The molecule has 2 aliphatic carbocycles. The Balaban J connectivity index is 1.27. The van der Waals surface area contributed by atoms with Crippen LogP contribution in [0.15, 0.2) is 65.6 Å². The second-order valence-electron chi connectivity index (χ2n) is 11.7. The van der Waals surface area contributed by atoms with E-state index in [-0.39, 0.29) is 23.8 Å². The second kappa shape index (κ2) is 12.0. The summed E-state index contributed by atoms with van der Waals surface area (Å²) in [5.74, 6) is 0.421. The summed E-state index contributed by atoms with van der Waals surface area (Å²) in [6, 6.07) is 20.2. The van der Waals surface area contributed by atoms with E-state index in [0.717, 1.165) is 85.0 Å². The zero-order valence-electron chi connectivity index (χ0n) is 23.7. The number of nitriles is 1. The van der Waals surface area contributed by atoms with E-state index in [2.05, 4.69) is 30.2 Å². The molecule has 2 heterocycles. The molecular weight excluding hydrogens is 512 g/mol. The van der Waals surface area contributed by atoms with Gasteiger partial charge < -0.3 is 9.84 Å². The second-order valence-corrected chi connectivity index (χ2v) is 11.7. The van der Waals surface area contributed by atoms with Crippen LogP contribution in [0.1, 0.15) is 80.3 Å². The number of aliphatic hydroxyl groups excluding tert-OH is 1. The molecule has 2 aromatic carbocycles. The normalized spacial score (nSPS) is 19.7. The number of aryl methyl sites for hydroxylation is 1. The Kier molecular flexibility index (Phi) is 8.04. The van der Waals surface area contributed by atoms with Crippen molar-refractivity contribution in [2.24, 2.45) is 5.92 Å². The van der Waals surface area contributed by atoms with Crippen LogP contribution in [0.4, 0.5) is 0 Å². The smallest absolute Gasteiger partial charge is 0.257 e. The number of aromatic nitrogens is 3. The lowest BCUT2D eigenvalue weighted by atomic mass is 9.92. The van der Waals surface area contributed by atoms with Gasteiger partial charge in [-0.15, -0.1) is 0 Å². The van der Waals surface area contributed by atoms with Gasteiger partial charge in [-0.3, -0.25) is 9.36 Å². The van der Waals surface area contributed by atoms with Gasteiger partial charge in [0.25, 0.3) is 5.56 Å². The van der Waals surface area contributed by atoms with Crippen LogP contribution >= 0.6 is 0 Å². The summed E-state index contributed by atoms with van der Waals surface area (Å²) in [4.78, 5) is 14.3. The quantitative estimate of drug-likeness (QED) is 0.267. The molecule has 2 aliphatic rings. The fourth-order valence-electron chi connectivity index (χ4n) is 6.37. The van der Waals surface area contributed by atoms with Gasteiger partial charge in [0, 0.05) is 24.1 Å². The molecule has 1 N–H and O–H groups in total. The van der Waals surface area contributed by atoms with Gasteiger partial charge in [-0.05, 0) is 73.6 Å². The third kappa shape index (κ3) is 5.72. The van der Waals surface area contributed by atoms with Crippen molar-refractivity contribution in [2.45, 2.75) is 83.0 Å². The summed E-state index contributed by atoms with van der Waals surface area (Å²) < 4.78 is 10.0. The fourth-order valence-corrected chi connectivity index (χ4v) is 6.37. The van der Waals surface area contributed by atoms with E-state index in [1.165, 1.54) is 0 Å². The third-order valence-electron chi connectivity index (χ3n) is 8.81. The van der Waals surface area contributed by atoms with E-state index in [9.17, 15) is 15.2 Å². The maximum atomic E-state index is 14.3. The Hall–Kier alpha value is -3.73. The zero-order chi connectivity index (χ0) is 28.3. The topological polar surface area (TPSA) is 92.5 Å². The molecule has 2 aromatic heterocycles. The summed E-state index contributed by atoms with van der Waals surface area (Å²) >= 11 is 0. The van der Waals surface area contributed by atoms with E-state index in [4.69, 9.17) is 4.74 Å². The molecule has 1 atom stereocenters. The van der Waals surface area contributed by atoms with Gasteiger partial charge in [0.05, 0.1) is 42.3 Å². The number of hydrogen-bond donors (Lipinski definition) is 1. The number of rotatable bonds is 10. The number of benzene rings is 2. The predicted molar refractivity (Wildman–Crippen MR) is 159 cm³/mol. The van der Waals surface area contributed by atoms with Gasteiger partial charge in [0.2, 0.25) is 0 Å². The molecule has 2 fully saturated rings. The summed E-state index contributed by atoms with van der Waals surface area (Å²) in [5.41, 5.74) is 6.34. The Morgan fingerprint density at radius 3 is 2.51 bits per heavy atom. The van der Waals surface area contributed by atoms with Crippen LogP contribution in [-0.2, 0) is 17.6 Å². The number of aliphatic hydroxyl groups is 1. The maximum Gasteiger partial charge on any atom is 0.257 e. The summed E-state index contributed by atoms with van der Waals surface area (Å²) in [5, 5.41) is 24.4.